The summed E-state index contributed by atoms with van der Waals surface area (Å²) in [4.78, 5) is 8.06. The number of H-pyrrole nitrogens is 1. The van der Waals surface area contributed by atoms with Gasteiger partial charge in [0.1, 0.15) is 17.5 Å². The molecule has 2 aliphatic rings. The van der Waals surface area contributed by atoms with E-state index >= 15 is 0 Å². The third-order valence-corrected chi connectivity index (χ3v) is 5.57. The highest BCUT2D eigenvalue weighted by atomic mass is 15.3. The molecule has 0 saturated heterocycles. The predicted molar refractivity (Wildman–Crippen MR) is 88.1 cm³/mol. The summed E-state index contributed by atoms with van der Waals surface area (Å²) >= 11 is 0. The van der Waals surface area contributed by atoms with E-state index in [1.165, 1.54) is 18.7 Å². The minimum Gasteiger partial charge on any atom is -0.342 e. The number of fused-ring (bicyclic) bond motifs is 2. The number of nitrogens with one attached hydrogen (secondary N) is 1. The van der Waals surface area contributed by atoms with Gasteiger partial charge in [0.2, 0.25) is 0 Å². The van der Waals surface area contributed by atoms with E-state index in [0.717, 1.165) is 54.4 Å². The summed E-state index contributed by atoms with van der Waals surface area (Å²) in [5, 5.41) is 8.86. The van der Waals surface area contributed by atoms with Crippen LogP contribution in [0.5, 0.6) is 0 Å². The Hall–Kier alpha value is -2.17. The molecular weight excluding hydrogens is 286 g/mol. The average Bonchev–Trinajstić information content (AvgIpc) is 3.11. The zero-order valence-corrected chi connectivity index (χ0v) is 13.4. The molecule has 0 amide bonds. The van der Waals surface area contributed by atoms with Crippen molar-refractivity contribution in [2.75, 3.05) is 0 Å². The highest BCUT2D eigenvalue weighted by Gasteiger charge is 2.46. The fraction of sp³-hybridized carbons (Fsp3) is 0.500. The van der Waals surface area contributed by atoms with Crippen molar-refractivity contribution in [3.63, 3.8) is 0 Å². The van der Waals surface area contributed by atoms with Gasteiger partial charge in [-0.25, -0.2) is 4.98 Å². The highest BCUT2D eigenvalue weighted by molar-refractivity contribution is 5.74. The molecular formula is C18H21N5. The van der Waals surface area contributed by atoms with Gasteiger partial charge >= 0.3 is 0 Å². The summed E-state index contributed by atoms with van der Waals surface area (Å²) in [6.45, 7) is 3.51. The first-order valence-corrected chi connectivity index (χ1v) is 8.56. The van der Waals surface area contributed by atoms with Gasteiger partial charge < -0.3 is 9.55 Å². The van der Waals surface area contributed by atoms with E-state index in [9.17, 15) is 0 Å². The van der Waals surface area contributed by atoms with Gasteiger partial charge in [-0.05, 0) is 36.3 Å². The molecule has 5 rings (SSSR count). The quantitative estimate of drug-likeness (QED) is 0.806. The van der Waals surface area contributed by atoms with Crippen molar-refractivity contribution in [2.24, 2.45) is 11.3 Å². The van der Waals surface area contributed by atoms with Crippen LogP contribution in [0.25, 0.3) is 11.0 Å². The fourth-order valence-corrected chi connectivity index (χ4v) is 4.06. The Morgan fingerprint density at radius 1 is 1.22 bits per heavy atom. The van der Waals surface area contributed by atoms with Crippen molar-refractivity contribution in [1.29, 1.82) is 0 Å². The van der Waals surface area contributed by atoms with E-state index in [1.807, 2.05) is 18.2 Å². The molecule has 3 aromatic rings. The second kappa shape index (κ2) is 4.66. The van der Waals surface area contributed by atoms with Gasteiger partial charge in [-0.15, -0.1) is 10.2 Å². The molecule has 5 heteroatoms. The standard InChI is InChI=1S/C18H21N5/c1-18(12-6-7-12)10-17-22-21-16(23(17)11-18)9-8-15-19-13-4-2-3-5-14(13)20-15/h2-5,12H,6-11H2,1H3,(H,19,20). The molecule has 1 N–H and O–H groups in total. The lowest BCUT2D eigenvalue weighted by molar-refractivity contribution is 0.263. The Morgan fingerprint density at radius 2 is 2.09 bits per heavy atom. The third kappa shape index (κ3) is 2.18. The van der Waals surface area contributed by atoms with Gasteiger partial charge in [-0.1, -0.05) is 19.1 Å². The molecule has 1 unspecified atom stereocenters. The first-order valence-electron chi connectivity index (χ1n) is 8.56. The smallest absolute Gasteiger partial charge is 0.133 e. The highest BCUT2D eigenvalue weighted by Crippen LogP contribution is 2.50. The summed E-state index contributed by atoms with van der Waals surface area (Å²) in [5.41, 5.74) is 2.56. The molecule has 0 spiro atoms. The van der Waals surface area contributed by atoms with Gasteiger partial charge in [-0.3, -0.25) is 0 Å². The van der Waals surface area contributed by atoms with Crippen LogP contribution in [-0.2, 0) is 25.8 Å². The first kappa shape index (κ1) is 13.3. The van der Waals surface area contributed by atoms with Crippen LogP contribution in [0.2, 0.25) is 0 Å². The molecule has 1 saturated carbocycles. The number of imidazole rings is 1. The van der Waals surface area contributed by atoms with Gasteiger partial charge in [0, 0.05) is 25.8 Å². The van der Waals surface area contributed by atoms with Crippen LogP contribution in [0.1, 0.15) is 37.2 Å². The molecule has 3 heterocycles. The largest absolute Gasteiger partial charge is 0.342 e. The lowest BCUT2D eigenvalue weighted by Crippen LogP contribution is -2.21. The predicted octanol–water partition coefficient (Wildman–Crippen LogP) is 2.91. The molecule has 2 aromatic heterocycles. The van der Waals surface area contributed by atoms with Crippen LogP contribution >= 0.6 is 0 Å². The minimum atomic E-state index is 0.416. The molecule has 23 heavy (non-hydrogen) atoms. The number of nitrogens with zero attached hydrogens (tertiary/aromatic N) is 4. The van der Waals surface area contributed by atoms with E-state index in [4.69, 9.17) is 0 Å². The zero-order chi connectivity index (χ0) is 15.4. The first-order chi connectivity index (χ1) is 11.2. The van der Waals surface area contributed by atoms with Crippen molar-refractivity contribution in [3.05, 3.63) is 41.7 Å². The van der Waals surface area contributed by atoms with E-state index in [2.05, 4.69) is 37.7 Å². The van der Waals surface area contributed by atoms with Crippen molar-refractivity contribution in [3.8, 4) is 0 Å². The number of hydrogen-bond donors (Lipinski definition) is 1. The molecule has 1 aliphatic heterocycles. The van der Waals surface area contributed by atoms with E-state index in [0.29, 0.717) is 5.41 Å². The molecule has 118 valence electrons. The van der Waals surface area contributed by atoms with Crippen molar-refractivity contribution in [1.82, 2.24) is 24.7 Å². The molecule has 1 aromatic carbocycles. The molecule has 1 fully saturated rings. The summed E-state index contributed by atoms with van der Waals surface area (Å²) < 4.78 is 2.36. The minimum absolute atomic E-state index is 0.416. The van der Waals surface area contributed by atoms with E-state index in [1.54, 1.807) is 0 Å². The van der Waals surface area contributed by atoms with Crippen LogP contribution < -0.4 is 0 Å². The number of benzene rings is 1. The summed E-state index contributed by atoms with van der Waals surface area (Å²) in [6, 6.07) is 8.18. The number of para-hydroxylation sites is 2. The number of hydrogen-bond acceptors (Lipinski definition) is 3. The number of rotatable bonds is 4. The number of aromatic nitrogens is 5. The maximum absolute atomic E-state index is 4.66. The average molecular weight is 307 g/mol. The van der Waals surface area contributed by atoms with Crippen molar-refractivity contribution < 1.29 is 0 Å². The topological polar surface area (TPSA) is 59.4 Å². The summed E-state index contributed by atoms with van der Waals surface area (Å²) in [5.74, 6) is 4.22. The van der Waals surface area contributed by atoms with Crippen molar-refractivity contribution >= 4 is 11.0 Å². The summed E-state index contributed by atoms with van der Waals surface area (Å²) in [7, 11) is 0. The van der Waals surface area contributed by atoms with Crippen LogP contribution in [-0.4, -0.2) is 24.7 Å². The third-order valence-electron chi connectivity index (χ3n) is 5.57. The van der Waals surface area contributed by atoms with Crippen LogP contribution in [0, 0.1) is 11.3 Å². The second-order valence-corrected chi connectivity index (χ2v) is 7.42. The normalized spacial score (nSPS) is 23.5. The maximum atomic E-state index is 4.66. The molecule has 1 atom stereocenters. The zero-order valence-electron chi connectivity index (χ0n) is 13.4. The lowest BCUT2D eigenvalue weighted by Gasteiger charge is -2.22. The Morgan fingerprint density at radius 3 is 2.91 bits per heavy atom. The number of aromatic amines is 1. The molecule has 5 nitrogen and oxygen atoms in total. The van der Waals surface area contributed by atoms with Crippen LogP contribution in [0.4, 0.5) is 0 Å². The summed E-state index contributed by atoms with van der Waals surface area (Å²) in [6.07, 6.45) is 5.65. The van der Waals surface area contributed by atoms with Crippen LogP contribution in [0.3, 0.4) is 0 Å². The molecule has 1 aliphatic carbocycles. The Balaban J connectivity index is 1.34. The lowest BCUT2D eigenvalue weighted by atomic mass is 9.83. The maximum Gasteiger partial charge on any atom is 0.133 e. The molecule has 0 radical (unpaired) electrons. The Labute approximate surface area is 135 Å². The monoisotopic (exact) mass is 307 g/mol. The van der Waals surface area contributed by atoms with Gasteiger partial charge in [0.05, 0.1) is 11.0 Å². The van der Waals surface area contributed by atoms with Crippen molar-refractivity contribution in [2.45, 2.75) is 45.6 Å². The molecule has 0 bridgehead atoms. The number of aryl methyl sites for hydroxylation is 2. The van der Waals surface area contributed by atoms with E-state index in [-0.39, 0.29) is 0 Å². The van der Waals surface area contributed by atoms with Gasteiger partial charge in [0.15, 0.2) is 0 Å². The Bertz CT molecular complexity index is 840. The Kier molecular flexibility index (Phi) is 2.69. The SMILES string of the molecule is CC1(C2CC2)Cc2nnc(CCc3nc4ccccc4[nH]3)n2C1. The van der Waals surface area contributed by atoms with Crippen LogP contribution in [0.15, 0.2) is 24.3 Å². The fourth-order valence-electron chi connectivity index (χ4n) is 4.06. The van der Waals surface area contributed by atoms with E-state index < -0.39 is 0 Å². The second-order valence-electron chi connectivity index (χ2n) is 7.42. The van der Waals surface area contributed by atoms with Gasteiger partial charge in [0.25, 0.3) is 0 Å². The van der Waals surface area contributed by atoms with Gasteiger partial charge in [-0.2, -0.15) is 0 Å².